The number of carbonyl (C=O) groups is 2. The number of aliphatic hydroxyl groups is 2. The number of aliphatic hydroxyl groups excluding tert-OH is 2. The SMILES string of the molecule is CCCC/C=C\C/C=C\CCCCCCCC(=O)OCCCCCCCCCCCCCCCCCCCCCCCCCCCCCCC(=O)NC(CO)C(O)/C=C/CCCCCCCCCCCCCC. The van der Waals surface area contributed by atoms with E-state index < -0.39 is 12.1 Å². The minimum absolute atomic E-state index is 0.00382. The third-order valence-electron chi connectivity index (χ3n) is 15.2. The van der Waals surface area contributed by atoms with E-state index in [0.29, 0.717) is 19.4 Å². The second-order valence-electron chi connectivity index (χ2n) is 22.5. The molecule has 3 N–H and O–H groups in total. The lowest BCUT2D eigenvalue weighted by Crippen LogP contribution is -2.45. The van der Waals surface area contributed by atoms with E-state index in [1.165, 1.54) is 276 Å². The van der Waals surface area contributed by atoms with Crippen LogP contribution in [0.3, 0.4) is 0 Å². The highest BCUT2D eigenvalue weighted by molar-refractivity contribution is 5.76. The van der Waals surface area contributed by atoms with E-state index in [9.17, 15) is 19.8 Å². The van der Waals surface area contributed by atoms with Gasteiger partial charge in [-0.3, -0.25) is 9.59 Å². The molecule has 6 nitrogen and oxygen atoms in total. The fourth-order valence-electron chi connectivity index (χ4n) is 10.1. The largest absolute Gasteiger partial charge is 0.466 e. The first-order chi connectivity index (χ1) is 36.0. The number of amides is 1. The Morgan fingerprint density at radius 1 is 0.384 bits per heavy atom. The molecule has 0 aliphatic carbocycles. The molecule has 0 saturated heterocycles. The second-order valence-corrected chi connectivity index (χ2v) is 22.5. The van der Waals surface area contributed by atoms with Crippen LogP contribution in [0.4, 0.5) is 0 Å². The Hall–Kier alpha value is -1.92. The van der Waals surface area contributed by atoms with Crippen LogP contribution in [0, 0.1) is 0 Å². The van der Waals surface area contributed by atoms with Crippen LogP contribution in [-0.2, 0) is 14.3 Å². The molecule has 6 heteroatoms. The van der Waals surface area contributed by atoms with Crippen molar-refractivity contribution in [1.29, 1.82) is 0 Å². The first-order valence-corrected chi connectivity index (χ1v) is 32.8. The number of ether oxygens (including phenoxy) is 1. The molecule has 0 aromatic rings. The summed E-state index contributed by atoms with van der Waals surface area (Å²) in [7, 11) is 0. The third kappa shape index (κ3) is 59.2. The smallest absolute Gasteiger partial charge is 0.305 e. The van der Waals surface area contributed by atoms with E-state index in [-0.39, 0.29) is 18.5 Å². The Kier molecular flexibility index (Phi) is 61.0. The molecule has 2 unspecified atom stereocenters. The van der Waals surface area contributed by atoms with Crippen LogP contribution in [0.1, 0.15) is 354 Å². The van der Waals surface area contributed by atoms with Crippen molar-refractivity contribution >= 4 is 11.9 Å². The van der Waals surface area contributed by atoms with Gasteiger partial charge < -0.3 is 20.3 Å². The van der Waals surface area contributed by atoms with Crippen molar-refractivity contribution in [3.8, 4) is 0 Å². The van der Waals surface area contributed by atoms with E-state index in [1.807, 2.05) is 6.08 Å². The van der Waals surface area contributed by atoms with Crippen LogP contribution in [0.25, 0.3) is 0 Å². The minimum atomic E-state index is -0.842. The summed E-state index contributed by atoms with van der Waals surface area (Å²) >= 11 is 0. The van der Waals surface area contributed by atoms with Gasteiger partial charge in [0.1, 0.15) is 0 Å². The number of allylic oxidation sites excluding steroid dienone is 5. The number of nitrogens with one attached hydrogen (secondary N) is 1. The summed E-state index contributed by atoms with van der Waals surface area (Å²) in [6.07, 6.45) is 79.2. The highest BCUT2D eigenvalue weighted by Gasteiger charge is 2.18. The molecule has 430 valence electrons. The summed E-state index contributed by atoms with van der Waals surface area (Å²) in [5.74, 6) is -0.0598. The predicted octanol–water partition coefficient (Wildman–Crippen LogP) is 20.8. The third-order valence-corrected chi connectivity index (χ3v) is 15.2. The lowest BCUT2D eigenvalue weighted by molar-refractivity contribution is -0.143. The van der Waals surface area contributed by atoms with Gasteiger partial charge in [-0.25, -0.2) is 0 Å². The summed E-state index contributed by atoms with van der Waals surface area (Å²) in [6.45, 7) is 4.88. The highest BCUT2D eigenvalue weighted by atomic mass is 16.5. The van der Waals surface area contributed by atoms with Gasteiger partial charge in [0.2, 0.25) is 5.91 Å². The minimum Gasteiger partial charge on any atom is -0.466 e. The number of esters is 1. The molecule has 0 saturated carbocycles. The van der Waals surface area contributed by atoms with Gasteiger partial charge >= 0.3 is 5.97 Å². The molecular formula is C67H127NO5. The van der Waals surface area contributed by atoms with Crippen LogP contribution in [0.5, 0.6) is 0 Å². The zero-order valence-electron chi connectivity index (χ0n) is 49.1. The molecular weight excluding hydrogens is 899 g/mol. The van der Waals surface area contributed by atoms with E-state index in [2.05, 4.69) is 43.5 Å². The molecule has 0 bridgehead atoms. The predicted molar refractivity (Wildman–Crippen MR) is 319 cm³/mol. The summed E-state index contributed by atoms with van der Waals surface area (Å²) in [5.41, 5.74) is 0. The van der Waals surface area contributed by atoms with Crippen LogP contribution < -0.4 is 5.32 Å². The Morgan fingerprint density at radius 2 is 0.699 bits per heavy atom. The number of hydrogen-bond donors (Lipinski definition) is 3. The van der Waals surface area contributed by atoms with Crippen LogP contribution in [-0.4, -0.2) is 47.4 Å². The Morgan fingerprint density at radius 3 is 1.08 bits per heavy atom. The lowest BCUT2D eigenvalue weighted by Gasteiger charge is -2.20. The molecule has 2 atom stereocenters. The molecule has 0 spiro atoms. The van der Waals surface area contributed by atoms with Crippen molar-refractivity contribution in [2.75, 3.05) is 13.2 Å². The Balaban J connectivity index is 3.36. The van der Waals surface area contributed by atoms with Crippen molar-refractivity contribution in [3.63, 3.8) is 0 Å². The van der Waals surface area contributed by atoms with Gasteiger partial charge in [-0.1, -0.05) is 320 Å². The molecule has 0 aliphatic heterocycles. The molecule has 0 fully saturated rings. The average molecular weight is 1030 g/mol. The molecule has 0 radical (unpaired) electrons. The molecule has 0 rings (SSSR count). The second kappa shape index (κ2) is 62.6. The van der Waals surface area contributed by atoms with Crippen molar-refractivity contribution in [2.24, 2.45) is 0 Å². The number of rotatable bonds is 61. The van der Waals surface area contributed by atoms with Crippen molar-refractivity contribution in [3.05, 3.63) is 36.5 Å². The standard InChI is InChI=1S/C67H127NO5/c1-3-5-7-9-11-13-15-17-35-39-43-47-51-55-59-65(70)64(63-69)68-66(71)60-56-52-48-44-40-36-33-31-29-27-25-23-21-19-20-22-24-26-28-30-32-34-38-42-46-50-54-58-62-73-67(72)61-57-53-49-45-41-37-18-16-14-12-10-8-6-4-2/h10,12,16,18,55,59,64-65,69-70H,3-9,11,13-15,17,19-54,56-58,60-63H2,1-2H3,(H,68,71)/b12-10-,18-16-,59-55+. The number of carbonyl (C=O) groups excluding carboxylic acids is 2. The van der Waals surface area contributed by atoms with Crippen LogP contribution >= 0.6 is 0 Å². The Bertz CT molecular complexity index is 1180. The van der Waals surface area contributed by atoms with E-state index in [1.54, 1.807) is 6.08 Å². The highest BCUT2D eigenvalue weighted by Crippen LogP contribution is 2.18. The fraction of sp³-hybridized carbons (Fsp3) is 0.881. The average Bonchev–Trinajstić information content (AvgIpc) is 3.39. The van der Waals surface area contributed by atoms with Crippen LogP contribution in [0.15, 0.2) is 36.5 Å². The Labute approximate surface area is 455 Å². The summed E-state index contributed by atoms with van der Waals surface area (Å²) in [6, 6.07) is -0.625. The normalized spacial score (nSPS) is 12.8. The van der Waals surface area contributed by atoms with Gasteiger partial charge in [0, 0.05) is 12.8 Å². The zero-order valence-corrected chi connectivity index (χ0v) is 49.1. The van der Waals surface area contributed by atoms with Crippen molar-refractivity contribution < 1.29 is 24.5 Å². The maximum Gasteiger partial charge on any atom is 0.305 e. The first kappa shape index (κ1) is 71.1. The first-order valence-electron chi connectivity index (χ1n) is 32.8. The van der Waals surface area contributed by atoms with Gasteiger partial charge in [0.25, 0.3) is 0 Å². The molecule has 0 aromatic heterocycles. The van der Waals surface area contributed by atoms with Crippen LogP contribution in [0.2, 0.25) is 0 Å². The zero-order chi connectivity index (χ0) is 52.9. The molecule has 0 aromatic carbocycles. The van der Waals surface area contributed by atoms with Gasteiger partial charge in [-0.15, -0.1) is 0 Å². The topological polar surface area (TPSA) is 95.9 Å². The molecule has 0 heterocycles. The summed E-state index contributed by atoms with van der Waals surface area (Å²) in [4.78, 5) is 24.5. The molecule has 0 aliphatic rings. The number of unbranched alkanes of at least 4 members (excludes halogenated alkanes) is 46. The quantitative estimate of drug-likeness (QED) is 0.0320. The maximum atomic E-state index is 12.5. The van der Waals surface area contributed by atoms with E-state index in [4.69, 9.17) is 4.74 Å². The molecule has 1 amide bonds. The van der Waals surface area contributed by atoms with Gasteiger partial charge in [0.05, 0.1) is 25.4 Å². The lowest BCUT2D eigenvalue weighted by atomic mass is 10.0. The van der Waals surface area contributed by atoms with Gasteiger partial charge in [0.15, 0.2) is 0 Å². The van der Waals surface area contributed by atoms with Crippen molar-refractivity contribution in [2.45, 2.75) is 366 Å². The monoisotopic (exact) mass is 1030 g/mol. The number of hydrogen-bond acceptors (Lipinski definition) is 5. The van der Waals surface area contributed by atoms with Gasteiger partial charge in [-0.2, -0.15) is 0 Å². The maximum absolute atomic E-state index is 12.5. The summed E-state index contributed by atoms with van der Waals surface area (Å²) < 4.78 is 5.48. The van der Waals surface area contributed by atoms with E-state index in [0.717, 1.165) is 51.4 Å². The molecule has 73 heavy (non-hydrogen) atoms. The fourth-order valence-corrected chi connectivity index (χ4v) is 10.1. The van der Waals surface area contributed by atoms with E-state index >= 15 is 0 Å². The van der Waals surface area contributed by atoms with Crippen molar-refractivity contribution in [1.82, 2.24) is 5.32 Å². The van der Waals surface area contributed by atoms with Gasteiger partial charge in [-0.05, 0) is 57.8 Å². The summed E-state index contributed by atoms with van der Waals surface area (Å²) in [5, 5.41) is 23.1.